The summed E-state index contributed by atoms with van der Waals surface area (Å²) in [5.41, 5.74) is 3.66. The van der Waals surface area contributed by atoms with Gasteiger partial charge in [-0.2, -0.15) is 0 Å². The molecule has 0 atom stereocenters. The van der Waals surface area contributed by atoms with Crippen LogP contribution in [-0.2, 0) is 17.8 Å². The normalized spacial score (nSPS) is 15.6. The van der Waals surface area contributed by atoms with Crippen LogP contribution < -0.4 is 15.0 Å². The van der Waals surface area contributed by atoms with Gasteiger partial charge in [0.25, 0.3) is 5.91 Å². The van der Waals surface area contributed by atoms with Gasteiger partial charge in [-0.15, -0.1) is 24.0 Å². The lowest BCUT2D eigenvalue weighted by Crippen LogP contribution is -2.44. The summed E-state index contributed by atoms with van der Waals surface area (Å²) >= 11 is 0. The summed E-state index contributed by atoms with van der Waals surface area (Å²) in [6, 6.07) is 16.3. The number of nitrogens with zero attached hydrogens (tertiary/aromatic N) is 3. The lowest BCUT2D eigenvalue weighted by atomic mass is 10.0. The first kappa shape index (κ1) is 22.4. The second-order valence-electron chi connectivity index (χ2n) is 7.33. The largest absolute Gasteiger partial charge is 0.482 e. The van der Waals surface area contributed by atoms with Crippen molar-refractivity contribution in [3.8, 4) is 5.75 Å². The molecular weight excluding hydrogens is 491 g/mol. The number of carbonyl (C=O) groups is 1. The van der Waals surface area contributed by atoms with Crippen molar-refractivity contribution in [2.24, 2.45) is 4.99 Å². The molecule has 0 bridgehead atoms. The molecule has 2 heterocycles. The monoisotopic (exact) mass is 520 g/mol. The molecule has 2 aromatic rings. The van der Waals surface area contributed by atoms with E-state index in [9.17, 15) is 4.79 Å². The zero-order valence-electron chi connectivity index (χ0n) is 17.3. The molecule has 2 aliphatic rings. The van der Waals surface area contributed by atoms with Crippen LogP contribution in [0, 0.1) is 0 Å². The molecule has 30 heavy (non-hydrogen) atoms. The number of rotatable bonds is 5. The molecule has 160 valence electrons. The molecule has 0 saturated carbocycles. The van der Waals surface area contributed by atoms with Gasteiger partial charge in [0.2, 0.25) is 0 Å². The van der Waals surface area contributed by atoms with Crippen LogP contribution in [0.25, 0.3) is 0 Å². The summed E-state index contributed by atoms with van der Waals surface area (Å²) in [4.78, 5) is 21.3. The molecule has 0 aliphatic carbocycles. The predicted molar refractivity (Wildman–Crippen MR) is 131 cm³/mol. The summed E-state index contributed by atoms with van der Waals surface area (Å²) < 4.78 is 5.52. The van der Waals surface area contributed by atoms with E-state index in [1.807, 2.05) is 29.2 Å². The number of guanidine groups is 1. The van der Waals surface area contributed by atoms with Gasteiger partial charge in [0, 0.05) is 32.7 Å². The lowest BCUT2D eigenvalue weighted by molar-refractivity contribution is -0.121. The number of amides is 1. The number of nitrogens with one attached hydrogen (secondary N) is 1. The van der Waals surface area contributed by atoms with Gasteiger partial charge in [-0.05, 0) is 43.0 Å². The number of halogens is 1. The average molecular weight is 520 g/mol. The maximum Gasteiger partial charge on any atom is 0.265 e. The van der Waals surface area contributed by atoms with Gasteiger partial charge in [-0.25, -0.2) is 0 Å². The first-order chi connectivity index (χ1) is 14.3. The van der Waals surface area contributed by atoms with Crippen LogP contribution in [0.4, 0.5) is 5.69 Å². The molecule has 0 unspecified atom stereocenters. The molecule has 6 nitrogen and oxygen atoms in total. The van der Waals surface area contributed by atoms with Gasteiger partial charge in [0.05, 0.1) is 5.69 Å². The molecule has 7 heteroatoms. The molecule has 1 amide bonds. The zero-order chi connectivity index (χ0) is 20.1. The molecule has 2 aromatic carbocycles. The smallest absolute Gasteiger partial charge is 0.265 e. The van der Waals surface area contributed by atoms with E-state index in [-0.39, 0.29) is 36.5 Å². The van der Waals surface area contributed by atoms with Crippen LogP contribution in [-0.4, -0.2) is 49.6 Å². The van der Waals surface area contributed by atoms with E-state index in [0.717, 1.165) is 49.9 Å². The first-order valence-corrected chi connectivity index (χ1v) is 10.4. The van der Waals surface area contributed by atoms with Crippen molar-refractivity contribution in [2.75, 3.05) is 37.7 Å². The number of fused-ring (bicyclic) bond motifs is 2. The van der Waals surface area contributed by atoms with Gasteiger partial charge >= 0.3 is 0 Å². The lowest BCUT2D eigenvalue weighted by Gasteiger charge is -2.32. The molecule has 0 spiro atoms. The summed E-state index contributed by atoms with van der Waals surface area (Å²) in [5.74, 6) is 1.74. The van der Waals surface area contributed by atoms with Gasteiger partial charge in [-0.3, -0.25) is 9.79 Å². The number of anilines is 1. The highest BCUT2D eigenvalue weighted by Gasteiger charge is 2.24. The van der Waals surface area contributed by atoms with Gasteiger partial charge < -0.3 is 19.9 Å². The van der Waals surface area contributed by atoms with Crippen molar-refractivity contribution in [3.63, 3.8) is 0 Å². The fraction of sp³-hybridized carbons (Fsp3) is 0.391. The quantitative estimate of drug-likeness (QED) is 0.284. The van der Waals surface area contributed by atoms with Crippen molar-refractivity contribution < 1.29 is 9.53 Å². The number of aliphatic imine (C=N–C) groups is 1. The van der Waals surface area contributed by atoms with E-state index in [1.165, 1.54) is 11.1 Å². The minimum absolute atomic E-state index is 0. The van der Waals surface area contributed by atoms with E-state index in [4.69, 9.17) is 9.73 Å². The number of hydrogen-bond donors (Lipinski definition) is 1. The van der Waals surface area contributed by atoms with Crippen LogP contribution >= 0.6 is 24.0 Å². The third kappa shape index (κ3) is 5.06. The second kappa shape index (κ2) is 10.7. The van der Waals surface area contributed by atoms with E-state index < -0.39 is 0 Å². The number of carbonyl (C=O) groups excluding carboxylic acids is 1. The summed E-state index contributed by atoms with van der Waals surface area (Å²) in [6.07, 6.45) is 1.85. The number of ether oxygens (including phenoxy) is 1. The minimum Gasteiger partial charge on any atom is -0.482 e. The fourth-order valence-electron chi connectivity index (χ4n) is 3.92. The third-order valence-corrected chi connectivity index (χ3v) is 5.37. The van der Waals surface area contributed by atoms with E-state index >= 15 is 0 Å². The summed E-state index contributed by atoms with van der Waals surface area (Å²) in [6.45, 7) is 6.22. The van der Waals surface area contributed by atoms with Crippen molar-refractivity contribution in [1.29, 1.82) is 0 Å². The molecular formula is C23H29IN4O2. The highest BCUT2D eigenvalue weighted by molar-refractivity contribution is 14.0. The minimum atomic E-state index is 0. The highest BCUT2D eigenvalue weighted by Crippen LogP contribution is 2.31. The molecule has 0 aromatic heterocycles. The Bertz CT molecular complexity index is 902. The van der Waals surface area contributed by atoms with Crippen LogP contribution in [0.3, 0.4) is 0 Å². The van der Waals surface area contributed by atoms with Crippen LogP contribution in [0.15, 0.2) is 53.5 Å². The van der Waals surface area contributed by atoms with Crippen molar-refractivity contribution >= 4 is 41.5 Å². The summed E-state index contributed by atoms with van der Waals surface area (Å²) in [7, 11) is 0. The van der Waals surface area contributed by atoms with E-state index in [2.05, 4.69) is 41.4 Å². The number of benzene rings is 2. The summed E-state index contributed by atoms with van der Waals surface area (Å²) in [5, 5.41) is 3.42. The van der Waals surface area contributed by atoms with E-state index in [1.54, 1.807) is 0 Å². The average Bonchev–Trinajstić information content (AvgIpc) is 2.76. The Morgan fingerprint density at radius 2 is 1.90 bits per heavy atom. The third-order valence-electron chi connectivity index (χ3n) is 5.37. The Kier molecular flexibility index (Phi) is 7.95. The molecule has 2 aliphatic heterocycles. The molecule has 0 fully saturated rings. The number of hydrogen-bond acceptors (Lipinski definition) is 3. The van der Waals surface area contributed by atoms with Crippen molar-refractivity contribution in [3.05, 3.63) is 59.7 Å². The second-order valence-corrected chi connectivity index (χ2v) is 7.33. The molecule has 0 saturated heterocycles. The predicted octanol–water partition coefficient (Wildman–Crippen LogP) is 3.44. The van der Waals surface area contributed by atoms with Gasteiger partial charge in [-0.1, -0.05) is 36.4 Å². The molecule has 1 N–H and O–H groups in total. The Balaban J connectivity index is 0.00000256. The van der Waals surface area contributed by atoms with Gasteiger partial charge in [0.1, 0.15) is 5.75 Å². The highest BCUT2D eigenvalue weighted by atomic mass is 127. The van der Waals surface area contributed by atoms with Crippen LogP contribution in [0.5, 0.6) is 5.75 Å². The van der Waals surface area contributed by atoms with Crippen LogP contribution in [0.1, 0.15) is 24.5 Å². The van der Waals surface area contributed by atoms with Gasteiger partial charge in [0.15, 0.2) is 12.6 Å². The zero-order valence-corrected chi connectivity index (χ0v) is 19.7. The first-order valence-electron chi connectivity index (χ1n) is 10.4. The Morgan fingerprint density at radius 1 is 1.13 bits per heavy atom. The SMILES string of the molecule is CCNC(=NCCCN1C(=O)COc2ccccc21)N1CCc2ccccc2C1.I. The molecule has 0 radical (unpaired) electrons. The maximum absolute atomic E-state index is 12.3. The Morgan fingerprint density at radius 3 is 2.73 bits per heavy atom. The van der Waals surface area contributed by atoms with Crippen molar-refractivity contribution in [1.82, 2.24) is 10.2 Å². The van der Waals surface area contributed by atoms with Crippen molar-refractivity contribution in [2.45, 2.75) is 26.3 Å². The van der Waals surface area contributed by atoms with E-state index in [0.29, 0.717) is 13.1 Å². The topological polar surface area (TPSA) is 57.2 Å². The fourth-order valence-corrected chi connectivity index (χ4v) is 3.92. The molecule has 4 rings (SSSR count). The maximum atomic E-state index is 12.3. The standard InChI is InChI=1S/C23H28N4O2.HI/c1-2-24-23(26-15-12-18-8-3-4-9-19(18)16-26)25-13-7-14-27-20-10-5-6-11-21(20)29-17-22(27)28;/h3-6,8-11H,2,7,12-17H2,1H3,(H,24,25);1H. The van der Waals surface area contributed by atoms with Crippen LogP contribution in [0.2, 0.25) is 0 Å². The Labute approximate surface area is 195 Å². The number of para-hydroxylation sites is 2. The Hall–Kier alpha value is -2.29.